The Hall–Kier alpha value is -3.35. The Labute approximate surface area is 157 Å². The van der Waals surface area contributed by atoms with Crippen LogP contribution in [0.1, 0.15) is 27.9 Å². The molecular weight excluding hydrogens is 348 g/mol. The summed E-state index contributed by atoms with van der Waals surface area (Å²) in [7, 11) is 0. The summed E-state index contributed by atoms with van der Waals surface area (Å²) in [6.45, 7) is 3.77. The second-order valence-corrected chi connectivity index (χ2v) is 6.07. The topological polar surface area (TPSA) is 105 Å². The lowest BCUT2D eigenvalue weighted by Gasteiger charge is -2.10. The molecule has 0 aliphatic heterocycles. The Morgan fingerprint density at radius 3 is 2.37 bits per heavy atom. The van der Waals surface area contributed by atoms with Gasteiger partial charge in [-0.1, -0.05) is 17.7 Å². The molecule has 0 atom stereocenters. The lowest BCUT2D eigenvalue weighted by atomic mass is 10.1. The van der Waals surface area contributed by atoms with E-state index in [1.165, 1.54) is 12.1 Å². The van der Waals surface area contributed by atoms with Crippen LogP contribution in [0.25, 0.3) is 0 Å². The number of carboxylic acids is 1. The second kappa shape index (κ2) is 9.38. The third-order valence-corrected chi connectivity index (χ3v) is 3.75. The predicted octanol–water partition coefficient (Wildman–Crippen LogP) is 2.53. The number of ether oxygens (including phenoxy) is 1. The minimum absolute atomic E-state index is 0.189. The average Bonchev–Trinajstić information content (AvgIpc) is 2.62. The van der Waals surface area contributed by atoms with Crippen LogP contribution in [0.4, 0.5) is 5.69 Å². The average molecular weight is 370 g/mol. The van der Waals surface area contributed by atoms with Gasteiger partial charge in [-0.2, -0.15) is 0 Å². The lowest BCUT2D eigenvalue weighted by Crippen LogP contribution is -2.29. The summed E-state index contributed by atoms with van der Waals surface area (Å²) < 4.78 is 5.64. The summed E-state index contributed by atoms with van der Waals surface area (Å²) in [6.07, 6.45) is 0.189. The Balaban J connectivity index is 1.80. The van der Waals surface area contributed by atoms with E-state index >= 15 is 0 Å². The van der Waals surface area contributed by atoms with Crippen molar-refractivity contribution in [3.63, 3.8) is 0 Å². The number of rotatable bonds is 8. The largest absolute Gasteiger partial charge is 0.493 e. The summed E-state index contributed by atoms with van der Waals surface area (Å²) in [6, 6.07) is 12.0. The molecule has 0 saturated carbocycles. The minimum atomic E-state index is -1.12. The number of anilines is 1. The molecule has 7 nitrogen and oxygen atoms in total. The standard InChI is InChI=1S/C20H22N2O5/c1-13-3-8-17(14(2)11-13)27-10-9-18(23)22-16-6-4-15(5-7-16)20(26)21-12-19(24)25/h3-8,11H,9-10,12H2,1-2H3,(H,21,26)(H,22,23)(H,24,25). The van der Waals surface area contributed by atoms with Crippen LogP contribution in [0, 0.1) is 13.8 Å². The van der Waals surface area contributed by atoms with Crippen molar-refractivity contribution in [2.24, 2.45) is 0 Å². The van der Waals surface area contributed by atoms with Crippen LogP contribution < -0.4 is 15.4 Å². The smallest absolute Gasteiger partial charge is 0.322 e. The van der Waals surface area contributed by atoms with E-state index in [0.717, 1.165) is 16.9 Å². The van der Waals surface area contributed by atoms with Crippen LogP contribution in [0.15, 0.2) is 42.5 Å². The molecule has 0 heterocycles. The molecule has 2 rings (SSSR count). The highest BCUT2D eigenvalue weighted by Crippen LogP contribution is 2.19. The first kappa shape index (κ1) is 20.0. The van der Waals surface area contributed by atoms with Crippen molar-refractivity contribution < 1.29 is 24.2 Å². The monoisotopic (exact) mass is 370 g/mol. The van der Waals surface area contributed by atoms with Crippen LogP contribution in [0.3, 0.4) is 0 Å². The lowest BCUT2D eigenvalue weighted by molar-refractivity contribution is -0.135. The zero-order valence-corrected chi connectivity index (χ0v) is 15.2. The molecule has 0 aliphatic carbocycles. The van der Waals surface area contributed by atoms with E-state index in [1.807, 2.05) is 32.0 Å². The van der Waals surface area contributed by atoms with Crippen molar-refractivity contribution >= 4 is 23.5 Å². The van der Waals surface area contributed by atoms with Crippen molar-refractivity contribution in [3.05, 3.63) is 59.2 Å². The summed E-state index contributed by atoms with van der Waals surface area (Å²) in [5.41, 5.74) is 3.03. The van der Waals surface area contributed by atoms with Crippen LogP contribution in [0.2, 0.25) is 0 Å². The Morgan fingerprint density at radius 2 is 1.74 bits per heavy atom. The zero-order valence-electron chi connectivity index (χ0n) is 15.2. The zero-order chi connectivity index (χ0) is 19.8. The number of hydrogen-bond donors (Lipinski definition) is 3. The first-order chi connectivity index (χ1) is 12.8. The van der Waals surface area contributed by atoms with Gasteiger partial charge in [0.1, 0.15) is 12.3 Å². The molecule has 7 heteroatoms. The third kappa shape index (κ3) is 6.47. The van der Waals surface area contributed by atoms with E-state index < -0.39 is 18.4 Å². The predicted molar refractivity (Wildman–Crippen MR) is 101 cm³/mol. The van der Waals surface area contributed by atoms with Gasteiger partial charge in [0.05, 0.1) is 13.0 Å². The summed E-state index contributed by atoms with van der Waals surface area (Å²) in [5, 5.41) is 13.5. The number of amides is 2. The van der Waals surface area contributed by atoms with Gasteiger partial charge in [-0.25, -0.2) is 0 Å². The molecule has 0 unspecified atom stereocenters. The highest BCUT2D eigenvalue weighted by molar-refractivity contribution is 5.97. The van der Waals surface area contributed by atoms with Gasteiger partial charge in [0.15, 0.2) is 0 Å². The maximum absolute atomic E-state index is 12.0. The number of nitrogens with one attached hydrogen (secondary N) is 2. The van der Waals surface area contributed by atoms with Gasteiger partial charge in [-0.3, -0.25) is 14.4 Å². The molecule has 0 aliphatic rings. The maximum Gasteiger partial charge on any atom is 0.322 e. The second-order valence-electron chi connectivity index (χ2n) is 6.07. The molecule has 142 valence electrons. The van der Waals surface area contributed by atoms with Crippen molar-refractivity contribution in [3.8, 4) is 5.75 Å². The number of benzene rings is 2. The third-order valence-electron chi connectivity index (χ3n) is 3.75. The Kier molecular flexibility index (Phi) is 6.93. The minimum Gasteiger partial charge on any atom is -0.493 e. The number of carboxylic acid groups (broad SMARTS) is 1. The van der Waals surface area contributed by atoms with E-state index in [-0.39, 0.29) is 18.9 Å². The molecule has 0 radical (unpaired) electrons. The van der Waals surface area contributed by atoms with Gasteiger partial charge < -0.3 is 20.5 Å². The van der Waals surface area contributed by atoms with Crippen LogP contribution >= 0.6 is 0 Å². The molecule has 0 aromatic heterocycles. The Bertz CT molecular complexity index is 831. The molecule has 0 fully saturated rings. The molecule has 0 saturated heterocycles. The van der Waals surface area contributed by atoms with Gasteiger partial charge in [0.2, 0.25) is 5.91 Å². The van der Waals surface area contributed by atoms with E-state index in [1.54, 1.807) is 12.1 Å². The van der Waals surface area contributed by atoms with Crippen molar-refractivity contribution in [1.82, 2.24) is 5.32 Å². The molecule has 27 heavy (non-hydrogen) atoms. The van der Waals surface area contributed by atoms with Crippen LogP contribution in [-0.4, -0.2) is 36.0 Å². The summed E-state index contributed by atoms with van der Waals surface area (Å²) in [5.74, 6) is -1.06. The molecule has 0 spiro atoms. The SMILES string of the molecule is Cc1ccc(OCCC(=O)Nc2ccc(C(=O)NCC(=O)O)cc2)c(C)c1. The van der Waals surface area contributed by atoms with E-state index in [0.29, 0.717) is 11.3 Å². The summed E-state index contributed by atoms with van der Waals surface area (Å²) >= 11 is 0. The highest BCUT2D eigenvalue weighted by atomic mass is 16.5. The Morgan fingerprint density at radius 1 is 1.04 bits per heavy atom. The first-order valence-corrected chi connectivity index (χ1v) is 8.45. The number of carbonyl (C=O) groups excluding carboxylic acids is 2. The van der Waals surface area contributed by atoms with Crippen molar-refractivity contribution in [2.75, 3.05) is 18.5 Å². The van der Waals surface area contributed by atoms with Crippen LogP contribution in [0.5, 0.6) is 5.75 Å². The van der Waals surface area contributed by atoms with Crippen molar-refractivity contribution in [1.29, 1.82) is 0 Å². The quantitative estimate of drug-likeness (QED) is 0.662. The van der Waals surface area contributed by atoms with Crippen molar-refractivity contribution in [2.45, 2.75) is 20.3 Å². The number of aryl methyl sites for hydroxylation is 2. The van der Waals surface area contributed by atoms with Gasteiger partial charge in [-0.15, -0.1) is 0 Å². The molecule has 2 aromatic carbocycles. The first-order valence-electron chi connectivity index (χ1n) is 8.45. The van der Waals surface area contributed by atoms with Gasteiger partial charge >= 0.3 is 5.97 Å². The molecular formula is C20H22N2O5. The molecule has 3 N–H and O–H groups in total. The molecule has 2 aromatic rings. The van der Waals surface area contributed by atoms with E-state index in [9.17, 15) is 14.4 Å². The van der Waals surface area contributed by atoms with Gasteiger partial charge in [0.25, 0.3) is 5.91 Å². The summed E-state index contributed by atoms with van der Waals surface area (Å²) in [4.78, 5) is 34.2. The van der Waals surface area contributed by atoms with E-state index in [2.05, 4.69) is 10.6 Å². The number of aliphatic carboxylic acids is 1. The molecule has 0 bridgehead atoms. The molecule has 2 amide bonds. The fraction of sp³-hybridized carbons (Fsp3) is 0.250. The van der Waals surface area contributed by atoms with Crippen LogP contribution in [-0.2, 0) is 9.59 Å². The number of hydrogen-bond acceptors (Lipinski definition) is 4. The van der Waals surface area contributed by atoms with E-state index in [4.69, 9.17) is 9.84 Å². The van der Waals surface area contributed by atoms with Gasteiger partial charge in [0, 0.05) is 11.3 Å². The van der Waals surface area contributed by atoms with Gasteiger partial charge in [-0.05, 0) is 49.7 Å². The number of carbonyl (C=O) groups is 3. The highest BCUT2D eigenvalue weighted by Gasteiger charge is 2.08. The fourth-order valence-electron chi connectivity index (χ4n) is 2.40. The normalized spacial score (nSPS) is 10.1. The fourth-order valence-corrected chi connectivity index (χ4v) is 2.40. The maximum atomic E-state index is 12.0.